The van der Waals surface area contributed by atoms with Crippen LogP contribution in [0.25, 0.3) is 0 Å². The van der Waals surface area contributed by atoms with E-state index in [1.54, 1.807) is 19.3 Å². The molecule has 11 heavy (non-hydrogen) atoms. The van der Waals surface area contributed by atoms with Crippen LogP contribution in [0.15, 0.2) is 11.8 Å². The molecule has 0 saturated heterocycles. The molecule has 0 unspecified atom stereocenters. The predicted octanol–water partition coefficient (Wildman–Crippen LogP) is -0.422. The van der Waals surface area contributed by atoms with Gasteiger partial charge in [-0.25, -0.2) is 4.79 Å². The van der Waals surface area contributed by atoms with Gasteiger partial charge in [-0.15, -0.1) is 0 Å². The largest absolute Gasteiger partial charge is 0.477 e. The molecule has 0 aliphatic carbocycles. The summed E-state index contributed by atoms with van der Waals surface area (Å²) >= 11 is 0. The molecule has 4 nitrogen and oxygen atoms in total. The lowest BCUT2D eigenvalue weighted by atomic mass is 10.1. The van der Waals surface area contributed by atoms with Crippen LogP contribution >= 0.6 is 0 Å². The molecule has 4 N–H and O–H groups in total. The first kappa shape index (κ1) is 9.84. The molecule has 0 bridgehead atoms. The van der Waals surface area contributed by atoms with Crippen molar-refractivity contribution in [3.05, 3.63) is 11.8 Å². The van der Waals surface area contributed by atoms with Crippen molar-refractivity contribution in [2.75, 3.05) is 7.05 Å². The normalized spacial score (nSPS) is 11.3. The quantitative estimate of drug-likeness (QED) is 0.383. The van der Waals surface area contributed by atoms with Gasteiger partial charge in [0.25, 0.3) is 0 Å². The van der Waals surface area contributed by atoms with Gasteiger partial charge in [0, 0.05) is 0 Å². The first-order valence-electron chi connectivity index (χ1n) is 3.44. The Kier molecular flexibility index (Phi) is 4.14. The summed E-state index contributed by atoms with van der Waals surface area (Å²) in [5, 5.41) is 17.5. The maximum atomic E-state index is 10.5. The summed E-state index contributed by atoms with van der Waals surface area (Å²) in [6, 6.07) is 0. The Bertz CT molecular complexity index is 197. The van der Waals surface area contributed by atoms with E-state index >= 15 is 0 Å². The zero-order valence-electron chi connectivity index (χ0n) is 6.72. The van der Waals surface area contributed by atoms with E-state index in [0.29, 0.717) is 6.42 Å². The van der Waals surface area contributed by atoms with Gasteiger partial charge in [0.15, 0.2) is 0 Å². The number of nitrogens with one attached hydrogen (secondary N) is 1. The van der Waals surface area contributed by atoms with Gasteiger partial charge in [-0.2, -0.15) is 0 Å². The van der Waals surface area contributed by atoms with Crippen LogP contribution in [0, 0.1) is 5.41 Å². The molecule has 0 aliphatic heterocycles. The molecule has 0 radical (unpaired) electrons. The van der Waals surface area contributed by atoms with Crippen molar-refractivity contribution in [3.63, 3.8) is 0 Å². The maximum absolute atomic E-state index is 10.5. The van der Waals surface area contributed by atoms with Gasteiger partial charge in [-0.05, 0) is 6.42 Å². The van der Waals surface area contributed by atoms with E-state index in [2.05, 4.69) is 0 Å². The molecule has 0 aliphatic rings. The first-order valence-corrected chi connectivity index (χ1v) is 3.44. The fourth-order valence-electron chi connectivity index (χ4n) is 0.658. The van der Waals surface area contributed by atoms with Crippen molar-refractivity contribution in [3.8, 4) is 0 Å². The summed E-state index contributed by atoms with van der Waals surface area (Å²) in [6.45, 7) is 1.76. The number of hydrogen-bond donors (Lipinski definition) is 3. The van der Waals surface area contributed by atoms with Crippen molar-refractivity contribution < 1.29 is 15.2 Å². The number of carbonyl (C=O) groups is 1. The highest BCUT2D eigenvalue weighted by atomic mass is 16.4. The van der Waals surface area contributed by atoms with Crippen LogP contribution < -0.4 is 5.32 Å². The van der Waals surface area contributed by atoms with Crippen molar-refractivity contribution in [2.24, 2.45) is 0 Å². The third kappa shape index (κ3) is 2.95. The number of rotatable bonds is 4. The van der Waals surface area contributed by atoms with Crippen LogP contribution in [0.2, 0.25) is 0 Å². The fourth-order valence-corrected chi connectivity index (χ4v) is 0.658. The minimum absolute atomic E-state index is 0.0787. The lowest BCUT2D eigenvalue weighted by Crippen LogP contribution is -2.73. The second-order valence-electron chi connectivity index (χ2n) is 2.05. The number of hydrogen-bond acceptors (Lipinski definition) is 2. The van der Waals surface area contributed by atoms with Gasteiger partial charge in [0.05, 0.1) is 12.8 Å². The van der Waals surface area contributed by atoms with E-state index in [9.17, 15) is 4.79 Å². The summed E-state index contributed by atoms with van der Waals surface area (Å²) in [5.74, 6) is -1.03. The van der Waals surface area contributed by atoms with Crippen LogP contribution in [0.4, 0.5) is 0 Å². The molecule has 0 rings (SSSR count). The van der Waals surface area contributed by atoms with Crippen LogP contribution in [0.3, 0.4) is 0 Å². The zero-order chi connectivity index (χ0) is 8.85. The number of nitrogens with two attached hydrogens (primary N) is 1. The Balaban J connectivity index is 4.48. The number of carboxylic acids is 1. The number of aliphatic carboxylic acids is 1. The lowest BCUT2D eigenvalue weighted by Gasteiger charge is -1.97. The van der Waals surface area contributed by atoms with Crippen LogP contribution in [0.5, 0.6) is 0 Å². The molecule has 62 valence electrons. The molecule has 0 heterocycles. The van der Waals surface area contributed by atoms with E-state index in [1.807, 2.05) is 0 Å². The molecular weight excluding hydrogens is 144 g/mol. The highest BCUT2D eigenvalue weighted by Gasteiger charge is 2.12. The van der Waals surface area contributed by atoms with E-state index in [1.165, 1.54) is 6.20 Å². The predicted molar refractivity (Wildman–Crippen MR) is 41.6 cm³/mol. The van der Waals surface area contributed by atoms with Crippen molar-refractivity contribution in [1.29, 1.82) is 5.41 Å². The molecule has 0 aromatic rings. The smallest absolute Gasteiger partial charge is 0.342 e. The average molecular weight is 157 g/mol. The Labute approximate surface area is 65.4 Å². The molecule has 0 atom stereocenters. The highest BCUT2D eigenvalue weighted by Crippen LogP contribution is 1.97. The molecule has 0 saturated carbocycles. The monoisotopic (exact) mass is 157 g/mol. The summed E-state index contributed by atoms with van der Waals surface area (Å²) in [7, 11) is 1.73. The van der Waals surface area contributed by atoms with Gasteiger partial charge in [0.2, 0.25) is 0 Å². The standard InChI is InChI=1S/C7H12N2O2/c1-3-6(8)5(4-9-2)7(10)11/h4,8-9H,3H2,1-2H3,(H,10,11)/p+1. The minimum atomic E-state index is -1.03. The molecule has 0 aromatic carbocycles. The summed E-state index contributed by atoms with van der Waals surface area (Å²) in [4.78, 5) is 10.5. The summed E-state index contributed by atoms with van der Waals surface area (Å²) in [5.41, 5.74) is 0.241. The topological polar surface area (TPSA) is 77.8 Å². The van der Waals surface area contributed by atoms with Crippen LogP contribution in [0.1, 0.15) is 13.3 Å². The van der Waals surface area contributed by atoms with Gasteiger partial charge in [-0.3, -0.25) is 0 Å². The highest BCUT2D eigenvalue weighted by molar-refractivity contribution is 6.17. The third-order valence-electron chi connectivity index (χ3n) is 1.24. The van der Waals surface area contributed by atoms with Gasteiger partial charge >= 0.3 is 5.97 Å². The maximum Gasteiger partial charge on any atom is 0.342 e. The first-order chi connectivity index (χ1) is 5.13. The molecule has 0 amide bonds. The fraction of sp³-hybridized carbons (Fsp3) is 0.429. The minimum Gasteiger partial charge on any atom is -0.477 e. The van der Waals surface area contributed by atoms with Gasteiger partial charge < -0.3 is 15.8 Å². The zero-order valence-corrected chi connectivity index (χ0v) is 6.72. The van der Waals surface area contributed by atoms with Crippen molar-refractivity contribution >= 4 is 11.7 Å². The molecule has 0 spiro atoms. The van der Waals surface area contributed by atoms with Crippen LogP contribution in [-0.2, 0) is 4.79 Å². The Morgan fingerprint density at radius 3 is 2.55 bits per heavy atom. The average Bonchev–Trinajstić information content (AvgIpc) is 1.98. The molecule has 0 fully saturated rings. The van der Waals surface area contributed by atoms with Crippen LogP contribution in [-0.4, -0.2) is 23.8 Å². The van der Waals surface area contributed by atoms with Gasteiger partial charge in [-0.1, -0.05) is 6.92 Å². The Morgan fingerprint density at radius 1 is 1.73 bits per heavy atom. The summed E-state index contributed by atoms with van der Waals surface area (Å²) < 4.78 is 0. The van der Waals surface area contributed by atoms with Crippen molar-refractivity contribution in [2.45, 2.75) is 13.3 Å². The SMILES string of the molecule is CCC(=N)C(=C[NH2+]C)C(=O)O. The van der Waals surface area contributed by atoms with E-state index < -0.39 is 5.97 Å². The summed E-state index contributed by atoms with van der Waals surface area (Å²) in [6.07, 6.45) is 1.89. The Morgan fingerprint density at radius 2 is 2.27 bits per heavy atom. The molecule has 4 heteroatoms. The Hall–Kier alpha value is -1.16. The van der Waals surface area contributed by atoms with Gasteiger partial charge in [0.1, 0.15) is 11.8 Å². The molecule has 0 aromatic heterocycles. The van der Waals surface area contributed by atoms with E-state index in [4.69, 9.17) is 10.5 Å². The van der Waals surface area contributed by atoms with Crippen molar-refractivity contribution in [1.82, 2.24) is 0 Å². The second-order valence-corrected chi connectivity index (χ2v) is 2.05. The number of quaternary nitrogens is 1. The molecular formula is C7H13N2O2+. The number of carboxylic acid groups (broad SMARTS) is 1. The second kappa shape index (κ2) is 4.62. The van der Waals surface area contributed by atoms with E-state index in [0.717, 1.165) is 0 Å². The third-order valence-corrected chi connectivity index (χ3v) is 1.24. The van der Waals surface area contributed by atoms with E-state index in [-0.39, 0.29) is 11.3 Å². The lowest BCUT2D eigenvalue weighted by molar-refractivity contribution is -0.556.